The number of thioether (sulfide) groups is 1. The van der Waals surface area contributed by atoms with E-state index in [2.05, 4.69) is 21.8 Å². The van der Waals surface area contributed by atoms with Crippen molar-refractivity contribution in [3.63, 3.8) is 0 Å². The van der Waals surface area contributed by atoms with Crippen LogP contribution in [0.25, 0.3) is 0 Å². The third-order valence-corrected chi connectivity index (χ3v) is 2.70. The summed E-state index contributed by atoms with van der Waals surface area (Å²) < 4.78 is 0. The van der Waals surface area contributed by atoms with Gasteiger partial charge in [-0.05, 0) is 20.8 Å². The standard InChI is InChI=1S/C11H12N2O2S/c1-4-5-6-16-10-9(11(14)15)7(2)12-8(3)13-10/h6H2,1-3H3,(H,14,15). The van der Waals surface area contributed by atoms with Gasteiger partial charge in [0.05, 0.1) is 11.4 Å². The van der Waals surface area contributed by atoms with Gasteiger partial charge in [-0.25, -0.2) is 14.8 Å². The molecule has 0 bridgehead atoms. The van der Waals surface area contributed by atoms with Gasteiger partial charge in [-0.2, -0.15) is 0 Å². The first-order valence-electron chi connectivity index (χ1n) is 4.67. The first kappa shape index (κ1) is 12.5. The van der Waals surface area contributed by atoms with Crippen LogP contribution in [0.4, 0.5) is 0 Å². The lowest BCUT2D eigenvalue weighted by molar-refractivity contribution is 0.0690. The summed E-state index contributed by atoms with van der Waals surface area (Å²) in [5.41, 5.74) is 0.667. The Morgan fingerprint density at radius 3 is 2.69 bits per heavy atom. The fourth-order valence-electron chi connectivity index (χ4n) is 1.21. The van der Waals surface area contributed by atoms with Gasteiger partial charge in [0.1, 0.15) is 16.4 Å². The lowest BCUT2D eigenvalue weighted by Crippen LogP contribution is -2.08. The number of aromatic nitrogens is 2. The van der Waals surface area contributed by atoms with Crippen LogP contribution in [0.3, 0.4) is 0 Å². The van der Waals surface area contributed by atoms with E-state index in [9.17, 15) is 4.79 Å². The molecule has 0 amide bonds. The van der Waals surface area contributed by atoms with Crippen molar-refractivity contribution in [1.82, 2.24) is 9.97 Å². The number of carboxylic acids is 1. The van der Waals surface area contributed by atoms with E-state index < -0.39 is 5.97 Å². The number of carboxylic acid groups (broad SMARTS) is 1. The lowest BCUT2D eigenvalue weighted by Gasteiger charge is -2.06. The van der Waals surface area contributed by atoms with Gasteiger partial charge in [-0.3, -0.25) is 0 Å². The molecule has 0 aliphatic heterocycles. The molecule has 84 valence electrons. The fraction of sp³-hybridized carbons (Fsp3) is 0.364. The zero-order chi connectivity index (χ0) is 12.1. The Labute approximate surface area is 98.5 Å². The molecule has 16 heavy (non-hydrogen) atoms. The van der Waals surface area contributed by atoms with E-state index in [0.717, 1.165) is 0 Å². The second kappa shape index (κ2) is 5.52. The molecule has 1 N–H and O–H groups in total. The zero-order valence-electron chi connectivity index (χ0n) is 9.37. The molecule has 4 nitrogen and oxygen atoms in total. The number of aryl methyl sites for hydroxylation is 2. The summed E-state index contributed by atoms with van der Waals surface area (Å²) in [5, 5.41) is 9.55. The summed E-state index contributed by atoms with van der Waals surface area (Å²) in [4.78, 5) is 19.2. The van der Waals surface area contributed by atoms with Crippen molar-refractivity contribution in [2.45, 2.75) is 25.8 Å². The third-order valence-electron chi connectivity index (χ3n) is 1.84. The maximum absolute atomic E-state index is 11.1. The van der Waals surface area contributed by atoms with Crippen molar-refractivity contribution in [1.29, 1.82) is 0 Å². The number of rotatable bonds is 3. The highest BCUT2D eigenvalue weighted by atomic mass is 32.2. The predicted octanol–water partition coefficient (Wildman–Crippen LogP) is 1.91. The Morgan fingerprint density at radius 1 is 1.44 bits per heavy atom. The summed E-state index contributed by atoms with van der Waals surface area (Å²) in [5.74, 6) is 5.73. The molecule has 0 aromatic carbocycles. The molecule has 0 saturated heterocycles. The minimum absolute atomic E-state index is 0.175. The molecule has 0 spiro atoms. The maximum Gasteiger partial charge on any atom is 0.340 e. The average Bonchev–Trinajstić information content (AvgIpc) is 2.16. The average molecular weight is 236 g/mol. The summed E-state index contributed by atoms with van der Waals surface area (Å²) in [6, 6.07) is 0. The van der Waals surface area contributed by atoms with E-state index in [-0.39, 0.29) is 5.56 Å². The van der Waals surface area contributed by atoms with Crippen LogP contribution >= 0.6 is 11.8 Å². The number of nitrogens with zero attached hydrogens (tertiary/aromatic N) is 2. The molecule has 1 aromatic rings. The topological polar surface area (TPSA) is 63.1 Å². The van der Waals surface area contributed by atoms with E-state index in [1.807, 2.05) is 0 Å². The summed E-state index contributed by atoms with van der Waals surface area (Å²) in [6.07, 6.45) is 0. The van der Waals surface area contributed by atoms with Gasteiger partial charge >= 0.3 is 5.97 Å². The normalized spacial score (nSPS) is 9.44. The largest absolute Gasteiger partial charge is 0.478 e. The molecular formula is C11H12N2O2S. The molecule has 0 fully saturated rings. The van der Waals surface area contributed by atoms with Crippen molar-refractivity contribution in [2.24, 2.45) is 0 Å². The first-order chi connectivity index (χ1) is 7.56. The summed E-state index contributed by atoms with van der Waals surface area (Å²) in [7, 11) is 0. The Hall–Kier alpha value is -1.54. The third kappa shape index (κ3) is 2.97. The SMILES string of the molecule is CC#CCSc1nc(C)nc(C)c1C(=O)O. The molecule has 1 aromatic heterocycles. The Morgan fingerprint density at radius 2 is 2.12 bits per heavy atom. The molecule has 0 unspecified atom stereocenters. The number of hydrogen-bond acceptors (Lipinski definition) is 4. The molecule has 0 aliphatic rings. The highest BCUT2D eigenvalue weighted by Gasteiger charge is 2.16. The van der Waals surface area contributed by atoms with E-state index in [1.165, 1.54) is 11.8 Å². The quantitative estimate of drug-likeness (QED) is 0.493. The highest BCUT2D eigenvalue weighted by molar-refractivity contribution is 7.99. The van der Waals surface area contributed by atoms with Crippen molar-refractivity contribution in [3.8, 4) is 11.8 Å². The van der Waals surface area contributed by atoms with Gasteiger partial charge < -0.3 is 5.11 Å². The number of aromatic carboxylic acids is 1. The van der Waals surface area contributed by atoms with Gasteiger partial charge in [0.15, 0.2) is 0 Å². The van der Waals surface area contributed by atoms with E-state index in [4.69, 9.17) is 5.11 Å². The molecule has 0 aliphatic carbocycles. The van der Waals surface area contributed by atoms with Crippen LogP contribution in [0.15, 0.2) is 5.03 Å². The minimum atomic E-state index is -0.996. The molecule has 1 rings (SSSR count). The van der Waals surface area contributed by atoms with Crippen molar-refractivity contribution < 1.29 is 9.90 Å². The summed E-state index contributed by atoms with van der Waals surface area (Å²) >= 11 is 1.32. The highest BCUT2D eigenvalue weighted by Crippen LogP contribution is 2.22. The molecule has 0 atom stereocenters. The van der Waals surface area contributed by atoms with Crippen LogP contribution in [0, 0.1) is 25.7 Å². The van der Waals surface area contributed by atoms with Gasteiger partial charge in [0.2, 0.25) is 0 Å². The van der Waals surface area contributed by atoms with Crippen LogP contribution in [-0.2, 0) is 0 Å². The fourth-order valence-corrected chi connectivity index (χ4v) is 2.14. The summed E-state index contributed by atoms with van der Waals surface area (Å²) in [6.45, 7) is 5.16. The van der Waals surface area contributed by atoms with Crippen LogP contribution in [0.2, 0.25) is 0 Å². The van der Waals surface area contributed by atoms with Crippen molar-refractivity contribution in [2.75, 3.05) is 5.75 Å². The van der Waals surface area contributed by atoms with Gasteiger partial charge in [0, 0.05) is 0 Å². The Balaban J connectivity index is 3.12. The van der Waals surface area contributed by atoms with Crippen LogP contribution in [0.1, 0.15) is 28.8 Å². The molecule has 0 saturated carbocycles. The van der Waals surface area contributed by atoms with Crippen molar-refractivity contribution in [3.05, 3.63) is 17.1 Å². The Kier molecular flexibility index (Phi) is 4.32. The second-order valence-corrected chi connectivity index (χ2v) is 4.02. The second-order valence-electron chi connectivity index (χ2n) is 3.06. The maximum atomic E-state index is 11.1. The lowest BCUT2D eigenvalue weighted by atomic mass is 10.2. The van der Waals surface area contributed by atoms with Crippen LogP contribution in [0.5, 0.6) is 0 Å². The van der Waals surface area contributed by atoms with E-state index in [1.54, 1.807) is 20.8 Å². The Bertz CT molecular complexity index is 475. The van der Waals surface area contributed by atoms with Gasteiger partial charge in [0.25, 0.3) is 0 Å². The monoisotopic (exact) mass is 236 g/mol. The molecule has 5 heteroatoms. The molecule has 0 radical (unpaired) electrons. The van der Waals surface area contributed by atoms with Gasteiger partial charge in [-0.15, -0.1) is 5.92 Å². The van der Waals surface area contributed by atoms with Crippen LogP contribution < -0.4 is 0 Å². The predicted molar refractivity (Wildman–Crippen MR) is 62.6 cm³/mol. The van der Waals surface area contributed by atoms with Crippen molar-refractivity contribution >= 4 is 17.7 Å². The first-order valence-corrected chi connectivity index (χ1v) is 5.65. The minimum Gasteiger partial charge on any atom is -0.478 e. The number of carbonyl (C=O) groups is 1. The zero-order valence-corrected chi connectivity index (χ0v) is 10.2. The molecular weight excluding hydrogens is 224 g/mol. The van der Waals surface area contributed by atoms with E-state index in [0.29, 0.717) is 22.3 Å². The number of hydrogen-bond donors (Lipinski definition) is 1. The van der Waals surface area contributed by atoms with E-state index >= 15 is 0 Å². The van der Waals surface area contributed by atoms with Crippen LogP contribution in [-0.4, -0.2) is 26.8 Å². The molecule has 1 heterocycles. The van der Waals surface area contributed by atoms with Gasteiger partial charge in [-0.1, -0.05) is 17.7 Å². The smallest absolute Gasteiger partial charge is 0.340 e.